The Balaban J connectivity index is 2.18. The van der Waals surface area contributed by atoms with Crippen LogP contribution in [-0.4, -0.2) is 4.98 Å². The minimum Gasteiger partial charge on any atom is -0.271 e. The Labute approximate surface area is 97.4 Å². The number of aromatic nitrogens is 1. The summed E-state index contributed by atoms with van der Waals surface area (Å²) in [5.41, 5.74) is 5.53. The van der Waals surface area contributed by atoms with Crippen LogP contribution in [0.4, 0.5) is 0 Å². The standard InChI is InChI=1S/C13H21N3/c1-10-7-8-15-9-12(10)13(16-14)11-5-3-2-4-6-11/h7-9,11,13,16H,2-6,14H2,1H3. The van der Waals surface area contributed by atoms with Gasteiger partial charge in [-0.25, -0.2) is 0 Å². The van der Waals surface area contributed by atoms with Crippen LogP contribution in [0.3, 0.4) is 0 Å². The number of rotatable bonds is 3. The molecule has 1 unspecified atom stereocenters. The molecule has 1 heterocycles. The molecule has 1 fully saturated rings. The van der Waals surface area contributed by atoms with Gasteiger partial charge in [0.2, 0.25) is 0 Å². The van der Waals surface area contributed by atoms with Crippen LogP contribution in [0.1, 0.15) is 49.3 Å². The van der Waals surface area contributed by atoms with Gasteiger partial charge in [-0.1, -0.05) is 19.3 Å². The van der Waals surface area contributed by atoms with E-state index in [0.717, 1.165) is 0 Å². The van der Waals surface area contributed by atoms with E-state index < -0.39 is 0 Å². The molecule has 1 saturated carbocycles. The molecule has 88 valence electrons. The summed E-state index contributed by atoms with van der Waals surface area (Å²) in [5.74, 6) is 6.39. The number of hydrazine groups is 1. The normalized spacial score (nSPS) is 19.6. The summed E-state index contributed by atoms with van der Waals surface area (Å²) in [5, 5.41) is 0. The number of nitrogens with one attached hydrogen (secondary N) is 1. The highest BCUT2D eigenvalue weighted by molar-refractivity contribution is 5.25. The lowest BCUT2D eigenvalue weighted by atomic mass is 9.81. The van der Waals surface area contributed by atoms with Gasteiger partial charge >= 0.3 is 0 Å². The largest absolute Gasteiger partial charge is 0.271 e. The molecule has 0 bridgehead atoms. The molecule has 3 nitrogen and oxygen atoms in total. The first-order valence-electron chi connectivity index (χ1n) is 6.19. The van der Waals surface area contributed by atoms with Gasteiger partial charge in [-0.15, -0.1) is 0 Å². The minimum atomic E-state index is 0.272. The quantitative estimate of drug-likeness (QED) is 0.606. The van der Waals surface area contributed by atoms with Crippen molar-refractivity contribution in [3.63, 3.8) is 0 Å². The van der Waals surface area contributed by atoms with Crippen molar-refractivity contribution in [1.82, 2.24) is 10.4 Å². The Bertz CT molecular complexity index is 332. The first-order chi connectivity index (χ1) is 7.83. The van der Waals surface area contributed by atoms with Gasteiger partial charge in [-0.3, -0.25) is 16.3 Å². The molecule has 2 rings (SSSR count). The highest BCUT2D eigenvalue weighted by Crippen LogP contribution is 2.34. The van der Waals surface area contributed by atoms with Crippen molar-refractivity contribution in [2.45, 2.75) is 45.1 Å². The predicted octanol–water partition coefficient (Wildman–Crippen LogP) is 2.47. The zero-order valence-electron chi connectivity index (χ0n) is 9.95. The number of nitrogens with two attached hydrogens (primary N) is 1. The third kappa shape index (κ3) is 2.42. The SMILES string of the molecule is Cc1ccncc1C(NN)C1CCCCC1. The Kier molecular flexibility index (Phi) is 3.91. The molecule has 0 radical (unpaired) electrons. The molecule has 0 amide bonds. The van der Waals surface area contributed by atoms with E-state index in [1.165, 1.54) is 43.2 Å². The van der Waals surface area contributed by atoms with Crippen molar-refractivity contribution in [2.75, 3.05) is 0 Å². The lowest BCUT2D eigenvalue weighted by Gasteiger charge is -2.30. The molecule has 1 atom stereocenters. The molecule has 0 aliphatic heterocycles. The Morgan fingerprint density at radius 3 is 2.75 bits per heavy atom. The zero-order valence-corrected chi connectivity index (χ0v) is 9.95. The number of aryl methyl sites for hydroxylation is 1. The lowest BCUT2D eigenvalue weighted by molar-refractivity contribution is 0.272. The Morgan fingerprint density at radius 1 is 1.38 bits per heavy atom. The fraction of sp³-hybridized carbons (Fsp3) is 0.615. The highest BCUT2D eigenvalue weighted by Gasteiger charge is 2.25. The molecule has 0 saturated heterocycles. The third-order valence-electron chi connectivity index (χ3n) is 3.72. The average molecular weight is 219 g/mol. The molecular formula is C13H21N3. The fourth-order valence-corrected chi connectivity index (χ4v) is 2.75. The zero-order chi connectivity index (χ0) is 11.4. The van der Waals surface area contributed by atoms with Crippen LogP contribution in [0.2, 0.25) is 0 Å². The first kappa shape index (κ1) is 11.6. The maximum atomic E-state index is 5.73. The summed E-state index contributed by atoms with van der Waals surface area (Å²) in [7, 11) is 0. The summed E-state index contributed by atoms with van der Waals surface area (Å²) in [6.45, 7) is 2.13. The summed E-state index contributed by atoms with van der Waals surface area (Å²) >= 11 is 0. The Morgan fingerprint density at radius 2 is 2.12 bits per heavy atom. The molecule has 0 aromatic carbocycles. The molecule has 3 N–H and O–H groups in total. The van der Waals surface area contributed by atoms with E-state index >= 15 is 0 Å². The number of pyridine rings is 1. The van der Waals surface area contributed by atoms with Gasteiger partial charge in [-0.2, -0.15) is 0 Å². The highest BCUT2D eigenvalue weighted by atomic mass is 15.2. The van der Waals surface area contributed by atoms with Crippen LogP contribution >= 0.6 is 0 Å². The maximum Gasteiger partial charge on any atom is 0.0506 e. The summed E-state index contributed by atoms with van der Waals surface area (Å²) in [6.07, 6.45) is 10.4. The van der Waals surface area contributed by atoms with Crippen molar-refractivity contribution in [3.05, 3.63) is 29.6 Å². The maximum absolute atomic E-state index is 5.73. The van der Waals surface area contributed by atoms with Crippen LogP contribution in [0.25, 0.3) is 0 Å². The molecule has 1 aliphatic rings. The smallest absolute Gasteiger partial charge is 0.0506 e. The number of nitrogens with zero attached hydrogens (tertiary/aromatic N) is 1. The van der Waals surface area contributed by atoms with Gasteiger partial charge in [0.05, 0.1) is 6.04 Å². The molecule has 0 spiro atoms. The lowest BCUT2D eigenvalue weighted by Crippen LogP contribution is -2.35. The van der Waals surface area contributed by atoms with Crippen molar-refractivity contribution in [1.29, 1.82) is 0 Å². The second-order valence-corrected chi connectivity index (χ2v) is 4.77. The van der Waals surface area contributed by atoms with Crippen LogP contribution in [0.5, 0.6) is 0 Å². The molecule has 16 heavy (non-hydrogen) atoms. The van der Waals surface area contributed by atoms with Gasteiger partial charge < -0.3 is 0 Å². The molecular weight excluding hydrogens is 198 g/mol. The third-order valence-corrected chi connectivity index (χ3v) is 3.72. The summed E-state index contributed by atoms with van der Waals surface area (Å²) < 4.78 is 0. The van der Waals surface area contributed by atoms with Crippen LogP contribution in [0.15, 0.2) is 18.5 Å². The molecule has 1 aromatic heterocycles. The monoisotopic (exact) mass is 219 g/mol. The van der Waals surface area contributed by atoms with Gasteiger partial charge in [0, 0.05) is 12.4 Å². The van der Waals surface area contributed by atoms with Gasteiger partial charge in [0.15, 0.2) is 0 Å². The summed E-state index contributed by atoms with van der Waals surface area (Å²) in [4.78, 5) is 4.21. The van der Waals surface area contributed by atoms with Gasteiger partial charge in [0.25, 0.3) is 0 Å². The van der Waals surface area contributed by atoms with Crippen molar-refractivity contribution in [3.8, 4) is 0 Å². The van der Waals surface area contributed by atoms with E-state index in [0.29, 0.717) is 5.92 Å². The minimum absolute atomic E-state index is 0.272. The van der Waals surface area contributed by atoms with Gasteiger partial charge in [-0.05, 0) is 42.9 Å². The van der Waals surface area contributed by atoms with E-state index in [4.69, 9.17) is 5.84 Å². The van der Waals surface area contributed by atoms with Gasteiger partial charge in [0.1, 0.15) is 0 Å². The van der Waals surface area contributed by atoms with E-state index in [9.17, 15) is 0 Å². The van der Waals surface area contributed by atoms with Crippen molar-refractivity contribution >= 4 is 0 Å². The van der Waals surface area contributed by atoms with Crippen LogP contribution in [-0.2, 0) is 0 Å². The first-order valence-corrected chi connectivity index (χ1v) is 6.19. The predicted molar refractivity (Wildman–Crippen MR) is 65.6 cm³/mol. The second kappa shape index (κ2) is 5.41. The van der Waals surface area contributed by atoms with E-state index in [1.807, 2.05) is 12.4 Å². The Hall–Kier alpha value is -0.930. The van der Waals surface area contributed by atoms with E-state index in [-0.39, 0.29) is 6.04 Å². The van der Waals surface area contributed by atoms with E-state index in [2.05, 4.69) is 23.4 Å². The number of hydrogen-bond donors (Lipinski definition) is 2. The second-order valence-electron chi connectivity index (χ2n) is 4.77. The number of hydrogen-bond acceptors (Lipinski definition) is 3. The fourth-order valence-electron chi connectivity index (χ4n) is 2.75. The topological polar surface area (TPSA) is 50.9 Å². The summed E-state index contributed by atoms with van der Waals surface area (Å²) in [6, 6.07) is 2.33. The molecule has 1 aromatic rings. The molecule has 3 heteroatoms. The van der Waals surface area contributed by atoms with Crippen LogP contribution < -0.4 is 11.3 Å². The van der Waals surface area contributed by atoms with Crippen LogP contribution in [0, 0.1) is 12.8 Å². The van der Waals surface area contributed by atoms with Crippen molar-refractivity contribution in [2.24, 2.45) is 11.8 Å². The molecule has 1 aliphatic carbocycles. The average Bonchev–Trinajstić information content (AvgIpc) is 2.34. The van der Waals surface area contributed by atoms with Crippen molar-refractivity contribution < 1.29 is 0 Å². The van der Waals surface area contributed by atoms with E-state index in [1.54, 1.807) is 0 Å².